The Kier molecular flexibility index (Phi) is 2.72. The average molecular weight is 202 g/mol. The van der Waals surface area contributed by atoms with Crippen LogP contribution in [-0.4, -0.2) is 17.1 Å². The zero-order valence-corrected chi connectivity index (χ0v) is 8.95. The van der Waals surface area contributed by atoms with Crippen LogP contribution in [0.3, 0.4) is 0 Å². The largest absolute Gasteiger partial charge is 0.497 e. The number of H-pyrrole nitrogens is 1. The summed E-state index contributed by atoms with van der Waals surface area (Å²) in [5, 5.41) is 0. The molecule has 0 aliphatic carbocycles. The third kappa shape index (κ3) is 2.37. The van der Waals surface area contributed by atoms with Crippen molar-refractivity contribution in [3.8, 4) is 5.75 Å². The van der Waals surface area contributed by atoms with Gasteiger partial charge in [0.25, 0.3) is 0 Å². The summed E-state index contributed by atoms with van der Waals surface area (Å²) in [5.74, 6) is 1.87. The summed E-state index contributed by atoms with van der Waals surface area (Å²) in [6.07, 6.45) is 2.72. The smallest absolute Gasteiger partial charge is 0.119 e. The first-order valence-electron chi connectivity index (χ1n) is 4.92. The van der Waals surface area contributed by atoms with Gasteiger partial charge in [0.2, 0.25) is 0 Å². The lowest BCUT2D eigenvalue weighted by Gasteiger charge is -2.02. The van der Waals surface area contributed by atoms with Crippen molar-refractivity contribution in [3.05, 3.63) is 47.5 Å². The van der Waals surface area contributed by atoms with Crippen molar-refractivity contribution in [2.45, 2.75) is 13.3 Å². The highest BCUT2D eigenvalue weighted by atomic mass is 16.5. The van der Waals surface area contributed by atoms with Gasteiger partial charge in [-0.2, -0.15) is 0 Å². The van der Waals surface area contributed by atoms with Crippen LogP contribution in [0, 0.1) is 6.92 Å². The molecule has 3 nitrogen and oxygen atoms in total. The van der Waals surface area contributed by atoms with Crippen LogP contribution in [0.4, 0.5) is 0 Å². The zero-order valence-electron chi connectivity index (χ0n) is 8.95. The van der Waals surface area contributed by atoms with Crippen LogP contribution in [-0.2, 0) is 6.42 Å². The quantitative estimate of drug-likeness (QED) is 0.829. The number of aromatic amines is 1. The van der Waals surface area contributed by atoms with Gasteiger partial charge >= 0.3 is 0 Å². The lowest BCUT2D eigenvalue weighted by molar-refractivity contribution is 0.414. The molecular weight excluding hydrogens is 188 g/mol. The van der Waals surface area contributed by atoms with E-state index in [-0.39, 0.29) is 0 Å². The van der Waals surface area contributed by atoms with E-state index in [0.29, 0.717) is 0 Å². The Hall–Kier alpha value is -1.77. The molecule has 0 bridgehead atoms. The number of aromatic nitrogens is 2. The minimum Gasteiger partial charge on any atom is -0.497 e. The summed E-state index contributed by atoms with van der Waals surface area (Å²) in [6.45, 7) is 1.98. The van der Waals surface area contributed by atoms with Crippen LogP contribution in [0.15, 0.2) is 30.5 Å². The normalized spacial score (nSPS) is 10.3. The molecule has 0 fully saturated rings. The molecule has 3 heteroatoms. The second-order valence-electron chi connectivity index (χ2n) is 3.52. The molecule has 0 saturated carbocycles. The molecule has 1 aromatic heterocycles. The standard InChI is InChI=1S/C12H14N2O/c1-9-8-13-12(14-9)7-10-4-3-5-11(6-10)15-2/h3-6,8H,7H2,1-2H3,(H,13,14). The molecule has 0 saturated heterocycles. The molecule has 0 radical (unpaired) electrons. The van der Waals surface area contributed by atoms with Crippen LogP contribution < -0.4 is 4.74 Å². The molecule has 0 unspecified atom stereocenters. The van der Waals surface area contributed by atoms with Crippen LogP contribution in [0.2, 0.25) is 0 Å². The van der Waals surface area contributed by atoms with Crippen LogP contribution >= 0.6 is 0 Å². The van der Waals surface area contributed by atoms with Crippen LogP contribution in [0.5, 0.6) is 5.75 Å². The van der Waals surface area contributed by atoms with E-state index < -0.39 is 0 Å². The van der Waals surface area contributed by atoms with E-state index >= 15 is 0 Å². The number of rotatable bonds is 3. The second-order valence-corrected chi connectivity index (χ2v) is 3.52. The van der Waals surface area contributed by atoms with Gasteiger partial charge in [-0.25, -0.2) is 4.98 Å². The summed E-state index contributed by atoms with van der Waals surface area (Å²) in [5.41, 5.74) is 2.22. The Bertz CT molecular complexity index is 448. The van der Waals surface area contributed by atoms with E-state index in [1.807, 2.05) is 31.3 Å². The van der Waals surface area contributed by atoms with Gasteiger partial charge in [-0.1, -0.05) is 12.1 Å². The Morgan fingerprint density at radius 3 is 2.93 bits per heavy atom. The Labute approximate surface area is 89.1 Å². The fourth-order valence-electron chi connectivity index (χ4n) is 1.53. The second kappa shape index (κ2) is 4.17. The van der Waals surface area contributed by atoms with E-state index in [2.05, 4.69) is 16.0 Å². The number of aryl methyl sites for hydroxylation is 1. The SMILES string of the molecule is COc1cccc(Cc2nc(C)c[nH]2)c1. The molecule has 1 aromatic carbocycles. The summed E-state index contributed by atoms with van der Waals surface area (Å²) in [6, 6.07) is 8.03. The number of benzene rings is 1. The van der Waals surface area contributed by atoms with Gasteiger partial charge in [-0.3, -0.25) is 0 Å². The molecule has 0 atom stereocenters. The first-order valence-corrected chi connectivity index (χ1v) is 4.92. The summed E-state index contributed by atoms with van der Waals surface area (Å²) in [4.78, 5) is 7.50. The van der Waals surface area contributed by atoms with Crippen molar-refractivity contribution < 1.29 is 4.74 Å². The maximum absolute atomic E-state index is 5.17. The van der Waals surface area contributed by atoms with Crippen LogP contribution in [0.25, 0.3) is 0 Å². The number of methoxy groups -OCH3 is 1. The third-order valence-corrected chi connectivity index (χ3v) is 2.26. The highest BCUT2D eigenvalue weighted by Gasteiger charge is 2.00. The van der Waals surface area contributed by atoms with E-state index in [9.17, 15) is 0 Å². The minimum absolute atomic E-state index is 0.811. The molecule has 0 aliphatic rings. The summed E-state index contributed by atoms with van der Waals surface area (Å²) >= 11 is 0. The molecule has 0 amide bonds. The van der Waals surface area contributed by atoms with E-state index in [1.54, 1.807) is 7.11 Å². The highest BCUT2D eigenvalue weighted by molar-refractivity contribution is 5.30. The molecule has 2 aromatic rings. The molecule has 1 heterocycles. The van der Waals surface area contributed by atoms with Crippen molar-refractivity contribution in [2.24, 2.45) is 0 Å². The van der Waals surface area contributed by atoms with Crippen molar-refractivity contribution >= 4 is 0 Å². The van der Waals surface area contributed by atoms with Crippen molar-refractivity contribution in [2.75, 3.05) is 7.11 Å². The van der Waals surface area contributed by atoms with Crippen LogP contribution in [0.1, 0.15) is 17.1 Å². The number of hydrogen-bond donors (Lipinski definition) is 1. The lowest BCUT2D eigenvalue weighted by atomic mass is 10.1. The zero-order chi connectivity index (χ0) is 10.7. The molecular formula is C12H14N2O. The maximum Gasteiger partial charge on any atom is 0.119 e. The lowest BCUT2D eigenvalue weighted by Crippen LogP contribution is -1.91. The summed E-state index contributed by atoms with van der Waals surface area (Å²) < 4.78 is 5.17. The van der Waals surface area contributed by atoms with E-state index in [0.717, 1.165) is 23.7 Å². The fraction of sp³-hybridized carbons (Fsp3) is 0.250. The van der Waals surface area contributed by atoms with Gasteiger partial charge in [0, 0.05) is 12.6 Å². The number of nitrogens with one attached hydrogen (secondary N) is 1. The van der Waals surface area contributed by atoms with Gasteiger partial charge in [-0.05, 0) is 24.6 Å². The maximum atomic E-state index is 5.17. The predicted molar refractivity (Wildman–Crippen MR) is 59.1 cm³/mol. The molecule has 0 spiro atoms. The first kappa shape index (κ1) is 9.77. The van der Waals surface area contributed by atoms with Gasteiger partial charge in [-0.15, -0.1) is 0 Å². The minimum atomic E-state index is 0.811. The molecule has 1 N–H and O–H groups in total. The Morgan fingerprint density at radius 2 is 2.27 bits per heavy atom. The topological polar surface area (TPSA) is 37.9 Å². The number of ether oxygens (including phenoxy) is 1. The van der Waals surface area contributed by atoms with Crippen molar-refractivity contribution in [3.63, 3.8) is 0 Å². The van der Waals surface area contributed by atoms with E-state index in [1.165, 1.54) is 5.56 Å². The van der Waals surface area contributed by atoms with E-state index in [4.69, 9.17) is 4.74 Å². The monoisotopic (exact) mass is 202 g/mol. The predicted octanol–water partition coefficient (Wildman–Crippen LogP) is 2.32. The van der Waals surface area contributed by atoms with Crippen molar-refractivity contribution in [1.82, 2.24) is 9.97 Å². The molecule has 78 valence electrons. The number of imidazole rings is 1. The third-order valence-electron chi connectivity index (χ3n) is 2.26. The first-order chi connectivity index (χ1) is 7.28. The van der Waals surface area contributed by atoms with Gasteiger partial charge < -0.3 is 9.72 Å². The average Bonchev–Trinajstić information content (AvgIpc) is 2.64. The van der Waals surface area contributed by atoms with Gasteiger partial charge in [0.05, 0.1) is 12.8 Å². The molecule has 15 heavy (non-hydrogen) atoms. The number of nitrogens with zero attached hydrogens (tertiary/aromatic N) is 1. The van der Waals surface area contributed by atoms with Gasteiger partial charge in [0.15, 0.2) is 0 Å². The summed E-state index contributed by atoms with van der Waals surface area (Å²) in [7, 11) is 1.68. The highest BCUT2D eigenvalue weighted by Crippen LogP contribution is 2.14. The molecule has 2 rings (SSSR count). The van der Waals surface area contributed by atoms with Crippen molar-refractivity contribution in [1.29, 1.82) is 0 Å². The Morgan fingerprint density at radius 1 is 1.40 bits per heavy atom. The fourth-order valence-corrected chi connectivity index (χ4v) is 1.53. The van der Waals surface area contributed by atoms with Gasteiger partial charge in [0.1, 0.15) is 11.6 Å². The Balaban J connectivity index is 2.16. The number of hydrogen-bond acceptors (Lipinski definition) is 2. The molecule has 0 aliphatic heterocycles.